The lowest BCUT2D eigenvalue weighted by Crippen LogP contribution is -2.34. The van der Waals surface area contributed by atoms with Crippen molar-refractivity contribution in [3.05, 3.63) is 76.0 Å². The molecular formula is C19H18FN3O2S. The first-order valence-corrected chi connectivity index (χ1v) is 8.97. The minimum atomic E-state index is -0.416. The SMILES string of the molecule is Cc1ccc(C(=O)NCCNC(=O)c2sccc2-n2cccc2)cc1F. The predicted octanol–water partition coefficient (Wildman–Crippen LogP) is 3.15. The molecule has 1 aromatic carbocycles. The Bertz CT molecular complexity index is 919. The molecule has 3 aromatic rings. The van der Waals surface area contributed by atoms with Crippen LogP contribution in [-0.4, -0.2) is 29.5 Å². The van der Waals surface area contributed by atoms with Crippen LogP contribution in [0.5, 0.6) is 0 Å². The second kappa shape index (κ2) is 7.97. The average molecular weight is 371 g/mol. The van der Waals surface area contributed by atoms with Crippen molar-refractivity contribution in [2.24, 2.45) is 0 Å². The van der Waals surface area contributed by atoms with Gasteiger partial charge in [-0.3, -0.25) is 9.59 Å². The third-order valence-electron chi connectivity index (χ3n) is 3.86. The van der Waals surface area contributed by atoms with Crippen LogP contribution >= 0.6 is 11.3 Å². The van der Waals surface area contributed by atoms with Crippen molar-refractivity contribution < 1.29 is 14.0 Å². The molecule has 0 saturated carbocycles. The Balaban J connectivity index is 1.51. The van der Waals surface area contributed by atoms with Crippen LogP contribution in [0.25, 0.3) is 5.69 Å². The fourth-order valence-corrected chi connectivity index (χ4v) is 3.25. The highest BCUT2D eigenvalue weighted by Crippen LogP contribution is 2.21. The molecule has 3 rings (SSSR count). The normalized spacial score (nSPS) is 10.5. The van der Waals surface area contributed by atoms with E-state index in [4.69, 9.17) is 0 Å². The molecule has 134 valence electrons. The quantitative estimate of drug-likeness (QED) is 0.654. The van der Waals surface area contributed by atoms with E-state index in [0.29, 0.717) is 10.4 Å². The molecule has 26 heavy (non-hydrogen) atoms. The molecule has 0 aliphatic rings. The number of halogens is 1. The Morgan fingerprint density at radius 2 is 1.77 bits per heavy atom. The molecule has 2 aromatic heterocycles. The highest BCUT2D eigenvalue weighted by molar-refractivity contribution is 7.12. The van der Waals surface area contributed by atoms with Crippen LogP contribution in [0.3, 0.4) is 0 Å². The van der Waals surface area contributed by atoms with E-state index in [2.05, 4.69) is 10.6 Å². The van der Waals surface area contributed by atoms with Crippen molar-refractivity contribution in [3.63, 3.8) is 0 Å². The van der Waals surface area contributed by atoms with Gasteiger partial charge in [0.2, 0.25) is 0 Å². The van der Waals surface area contributed by atoms with Gasteiger partial charge in [0, 0.05) is 31.0 Å². The third kappa shape index (κ3) is 4.00. The zero-order chi connectivity index (χ0) is 18.5. The first kappa shape index (κ1) is 17.9. The van der Waals surface area contributed by atoms with Gasteiger partial charge in [-0.25, -0.2) is 4.39 Å². The molecule has 0 radical (unpaired) electrons. The van der Waals surface area contributed by atoms with E-state index in [-0.39, 0.29) is 30.5 Å². The molecular weight excluding hydrogens is 353 g/mol. The van der Waals surface area contributed by atoms with E-state index in [1.807, 2.05) is 40.5 Å². The van der Waals surface area contributed by atoms with Gasteiger partial charge in [0.15, 0.2) is 0 Å². The van der Waals surface area contributed by atoms with Gasteiger partial charge >= 0.3 is 0 Å². The van der Waals surface area contributed by atoms with E-state index in [1.165, 1.54) is 17.4 Å². The number of amides is 2. The fourth-order valence-electron chi connectivity index (χ4n) is 2.44. The molecule has 0 saturated heterocycles. The maximum absolute atomic E-state index is 13.5. The predicted molar refractivity (Wildman–Crippen MR) is 99.4 cm³/mol. The molecule has 7 heteroatoms. The van der Waals surface area contributed by atoms with Crippen molar-refractivity contribution >= 4 is 23.2 Å². The summed E-state index contributed by atoms with van der Waals surface area (Å²) in [7, 11) is 0. The monoisotopic (exact) mass is 371 g/mol. The summed E-state index contributed by atoms with van der Waals surface area (Å²) in [5.41, 5.74) is 1.56. The van der Waals surface area contributed by atoms with Gasteiger partial charge in [-0.15, -0.1) is 11.3 Å². The molecule has 2 N–H and O–H groups in total. The maximum atomic E-state index is 13.5. The number of hydrogen-bond donors (Lipinski definition) is 2. The van der Waals surface area contributed by atoms with Gasteiger partial charge in [0.25, 0.3) is 11.8 Å². The number of carbonyl (C=O) groups is 2. The van der Waals surface area contributed by atoms with Crippen LogP contribution in [0.15, 0.2) is 54.2 Å². The van der Waals surface area contributed by atoms with Crippen molar-refractivity contribution in [1.82, 2.24) is 15.2 Å². The number of thiophene rings is 1. The van der Waals surface area contributed by atoms with Gasteiger partial charge in [-0.05, 0) is 48.2 Å². The lowest BCUT2D eigenvalue weighted by atomic mass is 10.1. The summed E-state index contributed by atoms with van der Waals surface area (Å²) in [6.07, 6.45) is 3.75. The number of aryl methyl sites for hydroxylation is 1. The molecule has 2 heterocycles. The zero-order valence-electron chi connectivity index (χ0n) is 14.2. The molecule has 0 spiro atoms. The highest BCUT2D eigenvalue weighted by Gasteiger charge is 2.14. The van der Waals surface area contributed by atoms with Crippen LogP contribution in [0, 0.1) is 12.7 Å². The molecule has 5 nitrogen and oxygen atoms in total. The second-order valence-electron chi connectivity index (χ2n) is 5.70. The molecule has 2 amide bonds. The zero-order valence-corrected chi connectivity index (χ0v) is 15.0. The van der Waals surface area contributed by atoms with E-state index in [0.717, 1.165) is 5.69 Å². The molecule has 0 fully saturated rings. The number of rotatable bonds is 6. The third-order valence-corrected chi connectivity index (χ3v) is 4.77. The number of aromatic nitrogens is 1. The molecule has 0 aliphatic carbocycles. The molecule has 0 atom stereocenters. The molecule has 0 unspecified atom stereocenters. The lowest BCUT2D eigenvalue weighted by molar-refractivity contribution is 0.0929. The van der Waals surface area contributed by atoms with Crippen molar-refractivity contribution in [1.29, 1.82) is 0 Å². The number of carbonyl (C=O) groups excluding carboxylic acids is 2. The standard InChI is InChI=1S/C19H18FN3O2S/c1-13-4-5-14(12-15(13)20)18(24)21-7-8-22-19(25)17-16(6-11-26-17)23-9-2-3-10-23/h2-6,9-12H,7-8H2,1H3,(H,21,24)(H,22,25). The van der Waals surface area contributed by atoms with Gasteiger partial charge < -0.3 is 15.2 Å². The first-order chi connectivity index (χ1) is 12.6. The Kier molecular flexibility index (Phi) is 5.48. The van der Waals surface area contributed by atoms with E-state index >= 15 is 0 Å². The fraction of sp³-hybridized carbons (Fsp3) is 0.158. The van der Waals surface area contributed by atoms with Gasteiger partial charge in [0.1, 0.15) is 10.7 Å². The van der Waals surface area contributed by atoms with Crippen LogP contribution < -0.4 is 10.6 Å². The van der Waals surface area contributed by atoms with Crippen LogP contribution in [0.2, 0.25) is 0 Å². The number of nitrogens with one attached hydrogen (secondary N) is 2. The minimum Gasteiger partial charge on any atom is -0.350 e. The lowest BCUT2D eigenvalue weighted by Gasteiger charge is -2.09. The van der Waals surface area contributed by atoms with Crippen molar-refractivity contribution in [2.45, 2.75) is 6.92 Å². The van der Waals surface area contributed by atoms with Crippen LogP contribution in [0.4, 0.5) is 4.39 Å². The summed E-state index contributed by atoms with van der Waals surface area (Å²) < 4.78 is 15.4. The largest absolute Gasteiger partial charge is 0.350 e. The number of nitrogens with zero attached hydrogens (tertiary/aromatic N) is 1. The Morgan fingerprint density at radius 3 is 2.46 bits per heavy atom. The highest BCUT2D eigenvalue weighted by atomic mass is 32.1. The van der Waals surface area contributed by atoms with Crippen LogP contribution in [0.1, 0.15) is 25.6 Å². The summed E-state index contributed by atoms with van der Waals surface area (Å²) in [5, 5.41) is 7.31. The van der Waals surface area contributed by atoms with Crippen LogP contribution in [-0.2, 0) is 0 Å². The first-order valence-electron chi connectivity index (χ1n) is 8.09. The van der Waals surface area contributed by atoms with E-state index < -0.39 is 5.82 Å². The van der Waals surface area contributed by atoms with Gasteiger partial charge in [0.05, 0.1) is 5.69 Å². The van der Waals surface area contributed by atoms with Gasteiger partial charge in [-0.1, -0.05) is 6.07 Å². The Hall–Kier alpha value is -2.93. The Morgan fingerprint density at radius 1 is 1.08 bits per heavy atom. The smallest absolute Gasteiger partial charge is 0.263 e. The van der Waals surface area contributed by atoms with E-state index in [1.54, 1.807) is 19.1 Å². The molecule has 0 aliphatic heterocycles. The maximum Gasteiger partial charge on any atom is 0.263 e. The summed E-state index contributed by atoms with van der Waals surface area (Å²) in [5.74, 6) is -0.983. The summed E-state index contributed by atoms with van der Waals surface area (Å²) in [4.78, 5) is 24.9. The average Bonchev–Trinajstić information content (AvgIpc) is 3.31. The van der Waals surface area contributed by atoms with Gasteiger partial charge in [-0.2, -0.15) is 0 Å². The topological polar surface area (TPSA) is 63.1 Å². The minimum absolute atomic E-state index is 0.195. The number of hydrogen-bond acceptors (Lipinski definition) is 3. The number of benzene rings is 1. The van der Waals surface area contributed by atoms with Crippen molar-refractivity contribution in [3.8, 4) is 5.69 Å². The summed E-state index contributed by atoms with van der Waals surface area (Å²) in [6.45, 7) is 2.17. The summed E-state index contributed by atoms with van der Waals surface area (Å²) in [6, 6.07) is 10.0. The summed E-state index contributed by atoms with van der Waals surface area (Å²) >= 11 is 1.36. The van der Waals surface area contributed by atoms with Crippen molar-refractivity contribution in [2.75, 3.05) is 13.1 Å². The van der Waals surface area contributed by atoms with E-state index in [9.17, 15) is 14.0 Å². The second-order valence-corrected chi connectivity index (χ2v) is 6.62. The molecule has 0 bridgehead atoms. The Labute approximate surface area is 154 Å².